The number of sulfonamides is 1. The molecule has 3 aromatic carbocycles. The quantitative estimate of drug-likeness (QED) is 0.349. The summed E-state index contributed by atoms with van der Waals surface area (Å²) in [7, 11) is -3.17. The van der Waals surface area contributed by atoms with Crippen LogP contribution < -0.4 is 18.9 Å². The summed E-state index contributed by atoms with van der Waals surface area (Å²) in [6.45, 7) is 7.64. The van der Waals surface area contributed by atoms with Crippen molar-refractivity contribution in [1.29, 1.82) is 0 Å². The minimum Gasteiger partial charge on any atom is -0.494 e. The Hall–Kier alpha value is -3.03. The van der Waals surface area contributed by atoms with E-state index in [1.807, 2.05) is 24.3 Å². The van der Waals surface area contributed by atoms with Crippen LogP contribution in [-0.2, 0) is 23.1 Å². The zero-order valence-corrected chi connectivity index (χ0v) is 22.8. The van der Waals surface area contributed by atoms with Gasteiger partial charge < -0.3 is 14.2 Å². The summed E-state index contributed by atoms with van der Waals surface area (Å²) in [5, 5.41) is 0. The van der Waals surface area contributed by atoms with Crippen molar-refractivity contribution >= 4 is 10.0 Å². The van der Waals surface area contributed by atoms with Gasteiger partial charge in [0.15, 0.2) is 0 Å². The van der Waals surface area contributed by atoms with E-state index in [1.165, 1.54) is 22.3 Å². The molecule has 1 saturated carbocycles. The van der Waals surface area contributed by atoms with Crippen LogP contribution in [0.2, 0.25) is 0 Å². The lowest BCUT2D eigenvalue weighted by atomic mass is 9.90. The molecular formula is C30H35NO5S. The number of rotatable bonds is 10. The van der Waals surface area contributed by atoms with Gasteiger partial charge in [0.1, 0.15) is 29.5 Å². The topological polar surface area (TPSA) is 73.9 Å². The van der Waals surface area contributed by atoms with E-state index in [9.17, 15) is 8.42 Å². The Labute approximate surface area is 220 Å². The summed E-state index contributed by atoms with van der Waals surface area (Å²) in [4.78, 5) is 0. The molecule has 1 aliphatic carbocycles. The van der Waals surface area contributed by atoms with Crippen LogP contribution in [-0.4, -0.2) is 33.4 Å². The Balaban J connectivity index is 1.26. The Kier molecular flexibility index (Phi) is 6.94. The van der Waals surface area contributed by atoms with E-state index in [0.717, 1.165) is 59.5 Å². The third-order valence-corrected chi connectivity index (χ3v) is 7.98. The molecule has 6 nitrogen and oxygen atoms in total. The van der Waals surface area contributed by atoms with Crippen molar-refractivity contribution in [3.05, 3.63) is 76.3 Å². The van der Waals surface area contributed by atoms with E-state index in [-0.39, 0.29) is 5.60 Å². The standard InChI is InChI=1S/C30H35NO5S/c1-20-15-26(34-14-6-13-31-37(4,32)33)16-21(2)29(20)27-8-5-7-24(22(27)3)19-35-25-10-9-23-18-30(11-12-30)36-28(23)17-25/h5,7-10,15-17,31H,6,11-14,18-19H2,1-4H3. The van der Waals surface area contributed by atoms with Gasteiger partial charge in [-0.2, -0.15) is 0 Å². The van der Waals surface area contributed by atoms with Crippen molar-refractivity contribution in [2.24, 2.45) is 0 Å². The molecule has 0 saturated heterocycles. The van der Waals surface area contributed by atoms with Crippen LogP contribution in [0.3, 0.4) is 0 Å². The maximum atomic E-state index is 11.2. The lowest BCUT2D eigenvalue weighted by Crippen LogP contribution is -2.24. The number of fused-ring (bicyclic) bond motifs is 1. The molecule has 1 aliphatic heterocycles. The Morgan fingerprint density at radius 3 is 2.43 bits per heavy atom. The number of hydrogen-bond donors (Lipinski definition) is 1. The van der Waals surface area contributed by atoms with Crippen LogP contribution in [0.4, 0.5) is 0 Å². The van der Waals surface area contributed by atoms with Crippen LogP contribution in [0.15, 0.2) is 48.5 Å². The van der Waals surface area contributed by atoms with E-state index in [0.29, 0.717) is 26.2 Å². The average molecular weight is 522 g/mol. The van der Waals surface area contributed by atoms with Gasteiger partial charge in [-0.05, 0) is 97.2 Å². The van der Waals surface area contributed by atoms with Gasteiger partial charge in [0.25, 0.3) is 0 Å². The normalized spacial score (nSPS) is 15.4. The fraction of sp³-hybridized carbons (Fsp3) is 0.400. The van der Waals surface area contributed by atoms with Gasteiger partial charge in [0, 0.05) is 19.0 Å². The first-order valence-corrected chi connectivity index (χ1v) is 14.7. The van der Waals surface area contributed by atoms with E-state index in [1.54, 1.807) is 0 Å². The third-order valence-electron chi connectivity index (χ3n) is 7.26. The molecule has 0 unspecified atom stereocenters. The fourth-order valence-corrected chi connectivity index (χ4v) is 5.64. The third kappa shape index (κ3) is 5.94. The van der Waals surface area contributed by atoms with E-state index < -0.39 is 10.0 Å². The first-order chi connectivity index (χ1) is 17.6. The molecule has 0 bridgehead atoms. The molecule has 1 spiro atoms. The smallest absolute Gasteiger partial charge is 0.208 e. The van der Waals surface area contributed by atoms with Crippen molar-refractivity contribution in [2.45, 2.75) is 58.7 Å². The minimum atomic E-state index is -3.17. The molecule has 1 N–H and O–H groups in total. The van der Waals surface area contributed by atoms with Gasteiger partial charge in [0.2, 0.25) is 10.0 Å². The van der Waals surface area contributed by atoms with E-state index >= 15 is 0 Å². The summed E-state index contributed by atoms with van der Waals surface area (Å²) in [5.41, 5.74) is 8.37. The van der Waals surface area contributed by atoms with Gasteiger partial charge in [-0.15, -0.1) is 0 Å². The maximum Gasteiger partial charge on any atom is 0.208 e. The van der Waals surface area contributed by atoms with Crippen LogP contribution in [0.25, 0.3) is 11.1 Å². The van der Waals surface area contributed by atoms with E-state index in [2.05, 4.69) is 49.8 Å². The molecule has 37 heavy (non-hydrogen) atoms. The van der Waals surface area contributed by atoms with Crippen molar-refractivity contribution in [3.8, 4) is 28.4 Å². The lowest BCUT2D eigenvalue weighted by Gasteiger charge is -2.18. The van der Waals surface area contributed by atoms with Crippen LogP contribution in [0, 0.1) is 20.8 Å². The molecule has 0 radical (unpaired) electrons. The largest absolute Gasteiger partial charge is 0.494 e. The highest BCUT2D eigenvalue weighted by atomic mass is 32.2. The monoisotopic (exact) mass is 521 g/mol. The number of benzene rings is 3. The molecule has 196 valence electrons. The van der Waals surface area contributed by atoms with Gasteiger partial charge in [-0.3, -0.25) is 0 Å². The molecule has 7 heteroatoms. The lowest BCUT2D eigenvalue weighted by molar-refractivity contribution is 0.210. The van der Waals surface area contributed by atoms with Crippen molar-refractivity contribution in [1.82, 2.24) is 4.72 Å². The summed E-state index contributed by atoms with van der Waals surface area (Å²) < 4.78 is 43.1. The second-order valence-electron chi connectivity index (χ2n) is 10.4. The molecule has 2 aliphatic rings. The number of aryl methyl sites for hydroxylation is 2. The van der Waals surface area contributed by atoms with Crippen LogP contribution >= 0.6 is 0 Å². The molecule has 0 amide bonds. The van der Waals surface area contributed by atoms with Gasteiger partial charge in [-0.25, -0.2) is 13.1 Å². The Morgan fingerprint density at radius 1 is 0.973 bits per heavy atom. The molecule has 1 fully saturated rings. The SMILES string of the molecule is Cc1cc(OCCCNS(C)(=O)=O)cc(C)c1-c1cccc(COc2ccc3c(c2)OC2(CC2)C3)c1C. The number of ether oxygens (including phenoxy) is 3. The summed E-state index contributed by atoms with van der Waals surface area (Å²) >= 11 is 0. The van der Waals surface area contributed by atoms with E-state index in [4.69, 9.17) is 14.2 Å². The predicted molar refractivity (Wildman–Crippen MR) is 146 cm³/mol. The Morgan fingerprint density at radius 2 is 1.73 bits per heavy atom. The highest BCUT2D eigenvalue weighted by Gasteiger charge is 2.49. The molecule has 3 aromatic rings. The zero-order chi connectivity index (χ0) is 26.2. The van der Waals surface area contributed by atoms with Gasteiger partial charge in [0.05, 0.1) is 12.9 Å². The maximum absolute atomic E-state index is 11.2. The fourth-order valence-electron chi connectivity index (χ4n) is 5.12. The minimum absolute atomic E-state index is 0.0810. The first kappa shape index (κ1) is 25.6. The van der Waals surface area contributed by atoms with Crippen LogP contribution in [0.5, 0.6) is 17.2 Å². The predicted octanol–water partition coefficient (Wildman–Crippen LogP) is 5.64. The van der Waals surface area contributed by atoms with Gasteiger partial charge in [-0.1, -0.05) is 24.3 Å². The Bertz CT molecular complexity index is 1400. The number of hydrogen-bond acceptors (Lipinski definition) is 5. The first-order valence-electron chi connectivity index (χ1n) is 12.8. The highest BCUT2D eigenvalue weighted by molar-refractivity contribution is 7.88. The van der Waals surface area contributed by atoms with Crippen LogP contribution in [0.1, 0.15) is 47.1 Å². The summed E-state index contributed by atoms with van der Waals surface area (Å²) in [5.74, 6) is 2.60. The van der Waals surface area contributed by atoms with Crippen molar-refractivity contribution < 1.29 is 22.6 Å². The van der Waals surface area contributed by atoms with Crippen molar-refractivity contribution in [2.75, 3.05) is 19.4 Å². The molecule has 5 rings (SSSR count). The molecule has 0 aromatic heterocycles. The molecule has 1 heterocycles. The highest BCUT2D eigenvalue weighted by Crippen LogP contribution is 2.50. The zero-order valence-electron chi connectivity index (χ0n) is 22.0. The molecule has 0 atom stereocenters. The summed E-state index contributed by atoms with van der Waals surface area (Å²) in [6.07, 6.45) is 5.09. The second kappa shape index (κ2) is 10.0. The molecular weight excluding hydrogens is 486 g/mol. The second-order valence-corrected chi connectivity index (χ2v) is 12.2. The number of nitrogens with one attached hydrogen (secondary N) is 1. The summed E-state index contributed by atoms with van der Waals surface area (Å²) in [6, 6.07) is 16.7. The van der Waals surface area contributed by atoms with Crippen molar-refractivity contribution in [3.63, 3.8) is 0 Å². The average Bonchev–Trinajstić information content (AvgIpc) is 3.47. The van der Waals surface area contributed by atoms with Gasteiger partial charge >= 0.3 is 0 Å².